The summed E-state index contributed by atoms with van der Waals surface area (Å²) in [5, 5.41) is 0.975. The Bertz CT molecular complexity index is 1410. The number of para-hydroxylation sites is 1. The van der Waals surface area contributed by atoms with Crippen LogP contribution < -0.4 is 5.56 Å². The lowest BCUT2D eigenvalue weighted by molar-refractivity contribution is -0.174. The van der Waals surface area contributed by atoms with Gasteiger partial charge in [-0.3, -0.25) is 9.59 Å². The standard InChI is InChI=1S/C24H19IN2O6/c1-13(28)5-4-8-20(29)33-24(25)17-10-19-21-15(9-14-6-2-3-7-18(14)26-21)11-27(19)22(30)16(17)12-32-23(24)31/h2-3,6-7,9-10H,4-5,8,11-12H2,1H3/t24-/m0/s1. The number of rotatable bonds is 5. The summed E-state index contributed by atoms with van der Waals surface area (Å²) >= 11 is 1.73. The zero-order chi connectivity index (χ0) is 23.3. The fraction of sp³-hybridized carbons (Fsp3) is 0.292. The molecule has 0 fully saturated rings. The van der Waals surface area contributed by atoms with Crippen molar-refractivity contribution in [3.63, 3.8) is 0 Å². The van der Waals surface area contributed by atoms with Crippen molar-refractivity contribution in [2.75, 3.05) is 0 Å². The largest absolute Gasteiger partial charge is 0.457 e. The van der Waals surface area contributed by atoms with Gasteiger partial charge in [0.05, 0.1) is 29.0 Å². The van der Waals surface area contributed by atoms with Crippen LogP contribution in [0, 0.1) is 0 Å². The van der Waals surface area contributed by atoms with E-state index >= 15 is 0 Å². The number of hydrogen-bond acceptors (Lipinski definition) is 7. The number of aromatic nitrogens is 2. The fourth-order valence-corrected chi connectivity index (χ4v) is 5.15. The summed E-state index contributed by atoms with van der Waals surface area (Å²) in [5.41, 5.74) is 3.22. The van der Waals surface area contributed by atoms with Crippen molar-refractivity contribution in [2.24, 2.45) is 0 Å². The number of ether oxygens (including phenoxy) is 2. The highest BCUT2D eigenvalue weighted by Gasteiger charge is 2.49. The molecule has 9 heteroatoms. The molecular weight excluding hydrogens is 539 g/mol. The number of carbonyl (C=O) groups is 3. The molecule has 0 saturated heterocycles. The lowest BCUT2D eigenvalue weighted by Crippen LogP contribution is -2.43. The van der Waals surface area contributed by atoms with E-state index in [-0.39, 0.29) is 36.4 Å². The molecule has 2 aromatic heterocycles. The predicted molar refractivity (Wildman–Crippen MR) is 127 cm³/mol. The van der Waals surface area contributed by atoms with Crippen molar-refractivity contribution < 1.29 is 23.9 Å². The first-order valence-corrected chi connectivity index (χ1v) is 11.6. The normalized spacial score (nSPS) is 18.3. The van der Waals surface area contributed by atoms with Gasteiger partial charge in [0.15, 0.2) is 0 Å². The van der Waals surface area contributed by atoms with Gasteiger partial charge in [0.1, 0.15) is 12.4 Å². The zero-order valence-electron chi connectivity index (χ0n) is 17.7. The average molecular weight is 558 g/mol. The van der Waals surface area contributed by atoms with Crippen LogP contribution >= 0.6 is 22.6 Å². The number of ketones is 1. The van der Waals surface area contributed by atoms with Crippen LogP contribution in [0.1, 0.15) is 42.9 Å². The molecule has 2 aliphatic heterocycles. The monoisotopic (exact) mass is 558 g/mol. The highest BCUT2D eigenvalue weighted by Crippen LogP contribution is 2.43. The number of benzene rings is 1. The number of Topliss-reactive ketones (excluding diaryl/α,β-unsaturated/α-hetero) is 1. The number of alkyl halides is 1. The van der Waals surface area contributed by atoms with Crippen molar-refractivity contribution in [1.29, 1.82) is 0 Å². The summed E-state index contributed by atoms with van der Waals surface area (Å²) in [4.78, 5) is 54.5. The second kappa shape index (κ2) is 8.05. The van der Waals surface area contributed by atoms with Crippen molar-refractivity contribution in [3.8, 4) is 11.4 Å². The van der Waals surface area contributed by atoms with E-state index in [1.54, 1.807) is 33.2 Å². The molecule has 0 unspecified atom stereocenters. The summed E-state index contributed by atoms with van der Waals surface area (Å²) in [7, 11) is 0. The maximum absolute atomic E-state index is 13.4. The van der Waals surface area contributed by atoms with Crippen LogP contribution in [0.2, 0.25) is 0 Å². The number of pyridine rings is 2. The molecule has 1 aromatic carbocycles. The van der Waals surface area contributed by atoms with E-state index in [4.69, 9.17) is 14.5 Å². The van der Waals surface area contributed by atoms with E-state index in [9.17, 15) is 19.2 Å². The Morgan fingerprint density at radius 3 is 2.79 bits per heavy atom. The molecular formula is C24H19IN2O6. The Hall–Kier alpha value is -3.08. The van der Waals surface area contributed by atoms with Crippen molar-refractivity contribution in [1.82, 2.24) is 9.55 Å². The highest BCUT2D eigenvalue weighted by molar-refractivity contribution is 14.1. The Morgan fingerprint density at radius 2 is 2.00 bits per heavy atom. The highest BCUT2D eigenvalue weighted by atomic mass is 127. The topological polar surface area (TPSA) is 105 Å². The molecule has 0 N–H and O–H groups in total. The average Bonchev–Trinajstić information content (AvgIpc) is 3.13. The molecule has 0 saturated carbocycles. The Morgan fingerprint density at radius 1 is 1.21 bits per heavy atom. The first-order chi connectivity index (χ1) is 15.8. The minimum absolute atomic E-state index is 0.0206. The molecule has 4 heterocycles. The molecule has 8 nitrogen and oxygen atoms in total. The van der Waals surface area contributed by atoms with Gasteiger partial charge >= 0.3 is 11.9 Å². The molecule has 0 amide bonds. The quantitative estimate of drug-likeness (QED) is 0.210. The van der Waals surface area contributed by atoms with Crippen LogP contribution in [0.25, 0.3) is 22.3 Å². The zero-order valence-corrected chi connectivity index (χ0v) is 19.9. The number of nitrogens with zero attached hydrogens (tertiary/aromatic N) is 2. The molecule has 33 heavy (non-hydrogen) atoms. The second-order valence-corrected chi connectivity index (χ2v) is 9.72. The molecule has 0 bridgehead atoms. The predicted octanol–water partition coefficient (Wildman–Crippen LogP) is 3.37. The van der Waals surface area contributed by atoms with Gasteiger partial charge in [-0.25, -0.2) is 9.78 Å². The van der Waals surface area contributed by atoms with Gasteiger partial charge in [-0.1, -0.05) is 18.2 Å². The second-order valence-electron chi connectivity index (χ2n) is 8.20. The SMILES string of the molecule is CC(=O)CCCC(=O)O[C@]1(I)C(=O)OCc2c1cc1n(c2=O)Cc2cc3ccccc3nc2-1. The van der Waals surface area contributed by atoms with Crippen LogP contribution in [0.5, 0.6) is 0 Å². The fourth-order valence-electron chi connectivity index (χ4n) is 4.27. The number of cyclic esters (lactones) is 1. The van der Waals surface area contributed by atoms with E-state index in [2.05, 4.69) is 0 Å². The van der Waals surface area contributed by atoms with Crippen LogP contribution in [0.15, 0.2) is 41.2 Å². The van der Waals surface area contributed by atoms with Crippen LogP contribution in [0.3, 0.4) is 0 Å². The van der Waals surface area contributed by atoms with Gasteiger partial charge in [-0.05, 0) is 54.1 Å². The molecule has 2 aliphatic rings. The maximum Gasteiger partial charge on any atom is 0.366 e. The lowest BCUT2D eigenvalue weighted by atomic mass is 10.00. The number of halogens is 1. The number of hydrogen-bond donors (Lipinski definition) is 0. The van der Waals surface area contributed by atoms with Crippen molar-refractivity contribution in [2.45, 2.75) is 42.9 Å². The van der Waals surface area contributed by atoms with E-state index in [1.807, 2.05) is 30.3 Å². The van der Waals surface area contributed by atoms with E-state index in [0.29, 0.717) is 29.9 Å². The third-order valence-corrected chi connectivity index (χ3v) is 7.14. The number of fused-ring (bicyclic) bond motifs is 5. The number of carbonyl (C=O) groups excluding carboxylic acids is 3. The van der Waals surface area contributed by atoms with E-state index in [1.165, 1.54) is 6.92 Å². The molecule has 1 atom stereocenters. The molecule has 3 aromatic rings. The Labute approximate surface area is 202 Å². The first kappa shape index (κ1) is 21.7. The van der Waals surface area contributed by atoms with Gasteiger partial charge in [-0.15, -0.1) is 0 Å². The van der Waals surface area contributed by atoms with E-state index < -0.39 is 15.5 Å². The Balaban J connectivity index is 1.58. The maximum atomic E-state index is 13.4. The smallest absolute Gasteiger partial charge is 0.366 e. The minimum Gasteiger partial charge on any atom is -0.457 e. The number of esters is 2. The van der Waals surface area contributed by atoms with Gasteiger partial charge in [0.2, 0.25) is 0 Å². The van der Waals surface area contributed by atoms with Gasteiger partial charge < -0.3 is 18.8 Å². The summed E-state index contributed by atoms with van der Waals surface area (Å²) < 4.78 is 10.6. The summed E-state index contributed by atoms with van der Waals surface area (Å²) in [6.07, 6.45) is 0.545. The van der Waals surface area contributed by atoms with Crippen LogP contribution in [-0.2, 0) is 40.6 Å². The van der Waals surface area contributed by atoms with Gasteiger partial charge in [0.25, 0.3) is 9.17 Å². The first-order valence-electron chi connectivity index (χ1n) is 10.5. The van der Waals surface area contributed by atoms with Crippen LogP contribution in [-0.4, -0.2) is 27.3 Å². The summed E-state index contributed by atoms with van der Waals surface area (Å²) in [6, 6.07) is 11.4. The minimum atomic E-state index is -1.78. The van der Waals surface area contributed by atoms with Crippen LogP contribution in [0.4, 0.5) is 0 Å². The van der Waals surface area contributed by atoms with E-state index in [0.717, 1.165) is 16.5 Å². The molecule has 168 valence electrons. The van der Waals surface area contributed by atoms with Crippen molar-refractivity contribution >= 4 is 51.2 Å². The molecule has 0 aliphatic carbocycles. The molecule has 5 rings (SSSR count). The summed E-state index contributed by atoms with van der Waals surface area (Å²) in [6.45, 7) is 1.62. The van der Waals surface area contributed by atoms with Gasteiger partial charge in [0, 0.05) is 29.4 Å². The lowest BCUT2D eigenvalue weighted by Gasteiger charge is -2.31. The van der Waals surface area contributed by atoms with Crippen molar-refractivity contribution in [3.05, 3.63) is 63.4 Å². The van der Waals surface area contributed by atoms with Gasteiger partial charge in [-0.2, -0.15) is 0 Å². The third kappa shape index (κ3) is 3.64. The third-order valence-electron chi connectivity index (χ3n) is 5.90. The summed E-state index contributed by atoms with van der Waals surface area (Å²) in [5.74, 6) is -1.41. The molecule has 0 radical (unpaired) electrons. The molecule has 0 spiro atoms. The Kier molecular flexibility index (Phi) is 5.31.